The van der Waals surface area contributed by atoms with Crippen molar-refractivity contribution >= 4 is 34.2 Å². The second kappa shape index (κ2) is 6.39. The van der Waals surface area contributed by atoms with Crippen LogP contribution in [0.2, 0.25) is 0 Å². The van der Waals surface area contributed by atoms with Crippen molar-refractivity contribution < 1.29 is 14.3 Å². The van der Waals surface area contributed by atoms with Crippen LogP contribution >= 0.6 is 0 Å². The zero-order chi connectivity index (χ0) is 19.1. The second-order valence-corrected chi connectivity index (χ2v) is 6.73. The first-order chi connectivity index (χ1) is 12.9. The zero-order valence-electron chi connectivity index (χ0n) is 15.2. The maximum Gasteiger partial charge on any atom is 0.265 e. The van der Waals surface area contributed by atoms with Gasteiger partial charge in [-0.1, -0.05) is 0 Å². The van der Waals surface area contributed by atoms with E-state index in [1.807, 2.05) is 18.5 Å². The van der Waals surface area contributed by atoms with E-state index < -0.39 is 6.10 Å². The maximum atomic E-state index is 12.6. The van der Waals surface area contributed by atoms with Crippen LogP contribution in [0.25, 0.3) is 11.0 Å². The number of hydrogen-bond donors (Lipinski definition) is 2. The number of nitrogens with one attached hydrogen (secondary N) is 2. The fourth-order valence-corrected chi connectivity index (χ4v) is 2.93. The average molecular weight is 365 g/mol. The molecule has 3 heterocycles. The number of fused-ring (bicyclic) bond motifs is 2. The first-order valence-electron chi connectivity index (χ1n) is 8.68. The highest BCUT2D eigenvalue weighted by Gasteiger charge is 2.23. The number of aromatic nitrogens is 3. The van der Waals surface area contributed by atoms with Gasteiger partial charge in [-0.25, -0.2) is 9.67 Å². The molecule has 1 atom stereocenters. The standard InChI is InChI=1S/C19H19N5O3/c1-10(2)24-17-12(9-21-24)6-13(8-20-17)19(26)22-14-4-5-16-15(7-14)23-18(25)11(3)27-16/h4-11H,1-3H3,(H,22,26)(H,23,25)/t11-/m1/s1. The van der Waals surface area contributed by atoms with Crippen LogP contribution < -0.4 is 15.4 Å². The summed E-state index contributed by atoms with van der Waals surface area (Å²) in [6, 6.07) is 7.05. The van der Waals surface area contributed by atoms with Crippen molar-refractivity contribution in [2.45, 2.75) is 32.9 Å². The topological polar surface area (TPSA) is 98.1 Å². The smallest absolute Gasteiger partial charge is 0.265 e. The summed E-state index contributed by atoms with van der Waals surface area (Å²) < 4.78 is 7.32. The summed E-state index contributed by atoms with van der Waals surface area (Å²) >= 11 is 0. The van der Waals surface area contributed by atoms with Gasteiger partial charge in [-0.15, -0.1) is 0 Å². The molecule has 1 aromatic carbocycles. The van der Waals surface area contributed by atoms with E-state index in [0.717, 1.165) is 11.0 Å². The fraction of sp³-hybridized carbons (Fsp3) is 0.263. The summed E-state index contributed by atoms with van der Waals surface area (Å²) in [5.41, 5.74) is 2.25. The van der Waals surface area contributed by atoms with Gasteiger partial charge in [0.15, 0.2) is 11.8 Å². The number of anilines is 2. The van der Waals surface area contributed by atoms with Crippen LogP contribution in [0.5, 0.6) is 5.75 Å². The molecule has 0 saturated carbocycles. The lowest BCUT2D eigenvalue weighted by Gasteiger charge is -2.23. The highest BCUT2D eigenvalue weighted by atomic mass is 16.5. The number of carbonyl (C=O) groups is 2. The van der Waals surface area contributed by atoms with E-state index in [0.29, 0.717) is 22.7 Å². The molecule has 0 saturated heterocycles. The Morgan fingerprint density at radius 1 is 1.30 bits per heavy atom. The van der Waals surface area contributed by atoms with E-state index in [1.165, 1.54) is 6.20 Å². The van der Waals surface area contributed by atoms with Gasteiger partial charge in [0, 0.05) is 23.3 Å². The van der Waals surface area contributed by atoms with Gasteiger partial charge in [-0.3, -0.25) is 9.59 Å². The largest absolute Gasteiger partial charge is 0.479 e. The van der Waals surface area contributed by atoms with E-state index in [2.05, 4.69) is 20.7 Å². The van der Waals surface area contributed by atoms with E-state index >= 15 is 0 Å². The minimum atomic E-state index is -0.539. The quantitative estimate of drug-likeness (QED) is 0.743. The highest BCUT2D eigenvalue weighted by molar-refractivity contribution is 6.06. The molecule has 0 aliphatic carbocycles. The van der Waals surface area contributed by atoms with Crippen LogP contribution in [0.1, 0.15) is 37.2 Å². The van der Waals surface area contributed by atoms with Crippen molar-refractivity contribution in [1.82, 2.24) is 14.8 Å². The van der Waals surface area contributed by atoms with Crippen LogP contribution in [-0.2, 0) is 4.79 Å². The molecular weight excluding hydrogens is 346 g/mol. The fourth-order valence-electron chi connectivity index (χ4n) is 2.93. The summed E-state index contributed by atoms with van der Waals surface area (Å²) in [6.07, 6.45) is 2.69. The van der Waals surface area contributed by atoms with E-state index in [9.17, 15) is 9.59 Å². The Hall–Kier alpha value is -3.42. The first kappa shape index (κ1) is 17.0. The Kier molecular flexibility index (Phi) is 4.02. The van der Waals surface area contributed by atoms with Crippen molar-refractivity contribution in [3.05, 3.63) is 42.2 Å². The minimum absolute atomic E-state index is 0.185. The van der Waals surface area contributed by atoms with Crippen molar-refractivity contribution in [3.63, 3.8) is 0 Å². The third-order valence-corrected chi connectivity index (χ3v) is 4.35. The summed E-state index contributed by atoms with van der Waals surface area (Å²) in [4.78, 5) is 28.7. The molecule has 3 aromatic rings. The Labute approximate surface area is 155 Å². The molecular formula is C19H19N5O3. The number of pyridine rings is 1. The molecule has 2 N–H and O–H groups in total. The number of ether oxygens (including phenoxy) is 1. The molecule has 0 radical (unpaired) electrons. The summed E-state index contributed by atoms with van der Waals surface area (Å²) in [5, 5.41) is 10.7. The first-order valence-corrected chi connectivity index (χ1v) is 8.68. The molecule has 27 heavy (non-hydrogen) atoms. The van der Waals surface area contributed by atoms with Crippen molar-refractivity contribution in [3.8, 4) is 5.75 Å². The molecule has 138 valence electrons. The Balaban J connectivity index is 1.57. The summed E-state index contributed by atoms with van der Waals surface area (Å²) in [5.74, 6) is 0.0603. The van der Waals surface area contributed by atoms with Crippen LogP contribution in [-0.4, -0.2) is 32.7 Å². The third kappa shape index (κ3) is 3.10. The highest BCUT2D eigenvalue weighted by Crippen LogP contribution is 2.32. The number of amides is 2. The molecule has 1 aliphatic rings. The Morgan fingerprint density at radius 2 is 2.11 bits per heavy atom. The third-order valence-electron chi connectivity index (χ3n) is 4.35. The maximum absolute atomic E-state index is 12.6. The molecule has 0 fully saturated rings. The van der Waals surface area contributed by atoms with Crippen LogP contribution in [0.3, 0.4) is 0 Å². The lowest BCUT2D eigenvalue weighted by Crippen LogP contribution is -2.34. The number of rotatable bonds is 3. The molecule has 2 amide bonds. The molecule has 0 unspecified atom stereocenters. The van der Waals surface area contributed by atoms with Gasteiger partial charge in [0.1, 0.15) is 5.75 Å². The van der Waals surface area contributed by atoms with Gasteiger partial charge >= 0.3 is 0 Å². The van der Waals surface area contributed by atoms with E-state index in [-0.39, 0.29) is 17.9 Å². The van der Waals surface area contributed by atoms with Crippen LogP contribution in [0, 0.1) is 0 Å². The summed E-state index contributed by atoms with van der Waals surface area (Å²) in [7, 11) is 0. The molecule has 0 spiro atoms. The van der Waals surface area contributed by atoms with Gasteiger partial charge in [-0.2, -0.15) is 5.10 Å². The molecule has 0 bridgehead atoms. The lowest BCUT2D eigenvalue weighted by molar-refractivity contribution is -0.122. The minimum Gasteiger partial charge on any atom is -0.479 e. The Morgan fingerprint density at radius 3 is 2.89 bits per heavy atom. The number of hydrogen-bond acceptors (Lipinski definition) is 5. The number of benzene rings is 1. The number of nitrogens with zero attached hydrogens (tertiary/aromatic N) is 3. The molecule has 2 aromatic heterocycles. The predicted octanol–water partition coefficient (Wildman–Crippen LogP) is 2.98. The van der Waals surface area contributed by atoms with Gasteiger partial charge in [0.2, 0.25) is 0 Å². The number of carbonyl (C=O) groups excluding carboxylic acids is 2. The summed E-state index contributed by atoms with van der Waals surface area (Å²) in [6.45, 7) is 5.72. The molecule has 8 heteroatoms. The van der Waals surface area contributed by atoms with E-state index in [4.69, 9.17) is 4.74 Å². The van der Waals surface area contributed by atoms with Crippen LogP contribution in [0.15, 0.2) is 36.7 Å². The van der Waals surface area contributed by atoms with E-state index in [1.54, 1.807) is 37.4 Å². The van der Waals surface area contributed by atoms with Gasteiger partial charge in [0.25, 0.3) is 11.8 Å². The normalized spacial score (nSPS) is 16.0. The van der Waals surface area contributed by atoms with Crippen molar-refractivity contribution in [2.24, 2.45) is 0 Å². The molecule has 8 nitrogen and oxygen atoms in total. The molecule has 1 aliphatic heterocycles. The average Bonchev–Trinajstić information content (AvgIpc) is 3.06. The van der Waals surface area contributed by atoms with Gasteiger partial charge < -0.3 is 15.4 Å². The molecule has 4 rings (SSSR count). The van der Waals surface area contributed by atoms with Gasteiger partial charge in [-0.05, 0) is 45.0 Å². The zero-order valence-corrected chi connectivity index (χ0v) is 15.2. The monoisotopic (exact) mass is 365 g/mol. The second-order valence-electron chi connectivity index (χ2n) is 6.73. The predicted molar refractivity (Wildman–Crippen MR) is 101 cm³/mol. The SMILES string of the molecule is CC(C)n1ncc2cc(C(=O)Nc3ccc4c(c3)NC(=O)[C@@H](C)O4)cnc21. The van der Waals surface area contributed by atoms with Gasteiger partial charge in [0.05, 0.1) is 17.4 Å². The van der Waals surface area contributed by atoms with Crippen molar-refractivity contribution in [1.29, 1.82) is 0 Å². The Bertz CT molecular complexity index is 1060. The lowest BCUT2D eigenvalue weighted by atomic mass is 10.2. The van der Waals surface area contributed by atoms with Crippen LogP contribution in [0.4, 0.5) is 11.4 Å². The van der Waals surface area contributed by atoms with Crippen molar-refractivity contribution in [2.75, 3.05) is 10.6 Å².